The summed E-state index contributed by atoms with van der Waals surface area (Å²) in [5.74, 6) is 0.832. The Morgan fingerprint density at radius 2 is 1.76 bits per heavy atom. The Bertz CT molecular complexity index is 188. The van der Waals surface area contributed by atoms with Gasteiger partial charge in [0.1, 0.15) is 0 Å². The standard InChI is InChI=1S/C14H31N3/c1-13(2)5-6-14(3)16(4)11-12-17-9-7-15-8-10-17/h13-15H,5-12H2,1-4H3. The number of nitrogens with zero attached hydrogens (tertiary/aromatic N) is 2. The Hall–Kier alpha value is -0.120. The lowest BCUT2D eigenvalue weighted by Crippen LogP contribution is -2.46. The summed E-state index contributed by atoms with van der Waals surface area (Å²) in [6.07, 6.45) is 2.68. The fourth-order valence-corrected chi connectivity index (χ4v) is 2.25. The van der Waals surface area contributed by atoms with Gasteiger partial charge >= 0.3 is 0 Å². The van der Waals surface area contributed by atoms with Crippen LogP contribution < -0.4 is 5.32 Å². The zero-order valence-electron chi connectivity index (χ0n) is 12.2. The van der Waals surface area contributed by atoms with Crippen LogP contribution in [0.2, 0.25) is 0 Å². The highest BCUT2D eigenvalue weighted by atomic mass is 15.2. The second-order valence-corrected chi connectivity index (χ2v) is 5.89. The predicted octanol–water partition coefficient (Wildman–Crippen LogP) is 1.65. The van der Waals surface area contributed by atoms with Crippen molar-refractivity contribution in [3.63, 3.8) is 0 Å². The van der Waals surface area contributed by atoms with E-state index in [2.05, 4.69) is 42.9 Å². The molecule has 1 aliphatic rings. The van der Waals surface area contributed by atoms with Crippen LogP contribution in [0.1, 0.15) is 33.6 Å². The zero-order chi connectivity index (χ0) is 12.7. The summed E-state index contributed by atoms with van der Waals surface area (Å²) < 4.78 is 0. The molecule has 0 aromatic heterocycles. The van der Waals surface area contributed by atoms with Crippen LogP contribution in [0.3, 0.4) is 0 Å². The lowest BCUT2D eigenvalue weighted by molar-refractivity contribution is 0.175. The fraction of sp³-hybridized carbons (Fsp3) is 1.00. The molecule has 1 saturated heterocycles. The first-order valence-electron chi connectivity index (χ1n) is 7.23. The van der Waals surface area contributed by atoms with Crippen LogP contribution in [0, 0.1) is 5.92 Å². The highest BCUT2D eigenvalue weighted by molar-refractivity contribution is 4.71. The summed E-state index contributed by atoms with van der Waals surface area (Å²) in [6, 6.07) is 0.723. The Balaban J connectivity index is 2.12. The van der Waals surface area contributed by atoms with E-state index in [1.807, 2.05) is 0 Å². The fourth-order valence-electron chi connectivity index (χ4n) is 2.25. The van der Waals surface area contributed by atoms with Gasteiger partial charge in [0, 0.05) is 45.3 Å². The molecule has 0 amide bonds. The van der Waals surface area contributed by atoms with Crippen molar-refractivity contribution in [3.8, 4) is 0 Å². The maximum atomic E-state index is 3.40. The van der Waals surface area contributed by atoms with Gasteiger partial charge in [-0.2, -0.15) is 0 Å². The number of rotatable bonds is 7. The first kappa shape index (κ1) is 14.9. The molecular weight excluding hydrogens is 210 g/mol. The molecule has 0 spiro atoms. The van der Waals surface area contributed by atoms with Crippen molar-refractivity contribution in [1.29, 1.82) is 0 Å². The Morgan fingerprint density at radius 3 is 2.35 bits per heavy atom. The third-order valence-electron chi connectivity index (χ3n) is 3.89. The first-order valence-corrected chi connectivity index (χ1v) is 7.23. The third-order valence-corrected chi connectivity index (χ3v) is 3.89. The topological polar surface area (TPSA) is 18.5 Å². The first-order chi connectivity index (χ1) is 8.09. The molecule has 1 heterocycles. The van der Waals surface area contributed by atoms with E-state index in [0.29, 0.717) is 0 Å². The summed E-state index contributed by atoms with van der Waals surface area (Å²) in [4.78, 5) is 5.09. The number of nitrogens with one attached hydrogen (secondary N) is 1. The van der Waals surface area contributed by atoms with Gasteiger partial charge < -0.3 is 10.2 Å². The molecule has 3 heteroatoms. The van der Waals surface area contributed by atoms with Crippen LogP contribution in [-0.4, -0.2) is 62.2 Å². The van der Waals surface area contributed by atoms with E-state index in [1.54, 1.807) is 0 Å². The number of hydrogen-bond donors (Lipinski definition) is 1. The number of hydrogen-bond acceptors (Lipinski definition) is 3. The van der Waals surface area contributed by atoms with Gasteiger partial charge in [0.05, 0.1) is 0 Å². The van der Waals surface area contributed by atoms with E-state index in [0.717, 1.165) is 25.0 Å². The second-order valence-electron chi connectivity index (χ2n) is 5.89. The quantitative estimate of drug-likeness (QED) is 0.731. The van der Waals surface area contributed by atoms with Crippen LogP contribution in [0.4, 0.5) is 0 Å². The molecular formula is C14H31N3. The normalized spacial score (nSPS) is 20.1. The van der Waals surface area contributed by atoms with Crippen LogP contribution >= 0.6 is 0 Å². The highest BCUT2D eigenvalue weighted by Gasteiger charge is 2.13. The molecule has 0 bridgehead atoms. The van der Waals surface area contributed by atoms with Crippen molar-refractivity contribution in [2.45, 2.75) is 39.7 Å². The van der Waals surface area contributed by atoms with Gasteiger partial charge in [-0.1, -0.05) is 13.8 Å². The van der Waals surface area contributed by atoms with Crippen molar-refractivity contribution in [2.75, 3.05) is 46.3 Å². The maximum absolute atomic E-state index is 3.40. The molecule has 1 rings (SSSR count). The SMILES string of the molecule is CC(C)CCC(C)N(C)CCN1CCNCC1. The Kier molecular flexibility index (Phi) is 7.09. The summed E-state index contributed by atoms with van der Waals surface area (Å²) in [7, 11) is 2.27. The van der Waals surface area contributed by atoms with Gasteiger partial charge in [-0.25, -0.2) is 0 Å². The van der Waals surface area contributed by atoms with Crippen molar-refractivity contribution >= 4 is 0 Å². The third kappa shape index (κ3) is 6.39. The van der Waals surface area contributed by atoms with E-state index in [1.165, 1.54) is 39.0 Å². The van der Waals surface area contributed by atoms with E-state index in [4.69, 9.17) is 0 Å². The molecule has 102 valence electrons. The van der Waals surface area contributed by atoms with Gasteiger partial charge in [-0.3, -0.25) is 4.90 Å². The summed E-state index contributed by atoms with van der Waals surface area (Å²) in [6.45, 7) is 14.2. The lowest BCUT2D eigenvalue weighted by atomic mass is 10.0. The van der Waals surface area contributed by atoms with Gasteiger partial charge in [0.15, 0.2) is 0 Å². The minimum absolute atomic E-state index is 0.723. The Morgan fingerprint density at radius 1 is 1.12 bits per heavy atom. The minimum Gasteiger partial charge on any atom is -0.314 e. The van der Waals surface area contributed by atoms with Crippen LogP contribution in [0.15, 0.2) is 0 Å². The van der Waals surface area contributed by atoms with Gasteiger partial charge in [0.2, 0.25) is 0 Å². The molecule has 3 nitrogen and oxygen atoms in total. The molecule has 1 fully saturated rings. The van der Waals surface area contributed by atoms with Crippen LogP contribution in [0.25, 0.3) is 0 Å². The monoisotopic (exact) mass is 241 g/mol. The molecule has 0 radical (unpaired) electrons. The molecule has 1 atom stereocenters. The van der Waals surface area contributed by atoms with E-state index in [9.17, 15) is 0 Å². The van der Waals surface area contributed by atoms with Crippen molar-refractivity contribution in [1.82, 2.24) is 15.1 Å². The highest BCUT2D eigenvalue weighted by Crippen LogP contribution is 2.10. The molecule has 1 N–H and O–H groups in total. The van der Waals surface area contributed by atoms with E-state index >= 15 is 0 Å². The molecule has 1 aliphatic heterocycles. The summed E-state index contributed by atoms with van der Waals surface area (Å²) >= 11 is 0. The predicted molar refractivity (Wildman–Crippen MR) is 75.5 cm³/mol. The summed E-state index contributed by atoms with van der Waals surface area (Å²) in [5, 5.41) is 3.40. The molecule has 0 saturated carbocycles. The molecule has 0 aromatic carbocycles. The average Bonchev–Trinajstić information content (AvgIpc) is 2.34. The van der Waals surface area contributed by atoms with Gasteiger partial charge in [-0.15, -0.1) is 0 Å². The van der Waals surface area contributed by atoms with Gasteiger partial charge in [0.25, 0.3) is 0 Å². The van der Waals surface area contributed by atoms with Crippen LogP contribution in [-0.2, 0) is 0 Å². The molecule has 0 aromatic rings. The van der Waals surface area contributed by atoms with E-state index < -0.39 is 0 Å². The largest absolute Gasteiger partial charge is 0.314 e. The van der Waals surface area contributed by atoms with Crippen molar-refractivity contribution in [3.05, 3.63) is 0 Å². The van der Waals surface area contributed by atoms with Crippen molar-refractivity contribution in [2.24, 2.45) is 5.92 Å². The van der Waals surface area contributed by atoms with Crippen molar-refractivity contribution < 1.29 is 0 Å². The molecule has 1 unspecified atom stereocenters. The van der Waals surface area contributed by atoms with Gasteiger partial charge in [-0.05, 0) is 32.7 Å². The summed E-state index contributed by atoms with van der Waals surface area (Å²) in [5.41, 5.74) is 0. The smallest absolute Gasteiger partial charge is 0.0110 e. The minimum atomic E-state index is 0.723. The van der Waals surface area contributed by atoms with Crippen LogP contribution in [0.5, 0.6) is 0 Å². The number of piperazine rings is 1. The lowest BCUT2D eigenvalue weighted by Gasteiger charge is -2.31. The zero-order valence-corrected chi connectivity index (χ0v) is 12.2. The molecule has 17 heavy (non-hydrogen) atoms. The van der Waals surface area contributed by atoms with E-state index in [-0.39, 0.29) is 0 Å². The Labute approximate surface area is 108 Å². The second kappa shape index (κ2) is 8.06. The number of likely N-dealkylation sites (N-methyl/N-ethyl adjacent to an activating group) is 1. The maximum Gasteiger partial charge on any atom is 0.0110 e. The molecule has 0 aliphatic carbocycles. The average molecular weight is 241 g/mol.